The summed E-state index contributed by atoms with van der Waals surface area (Å²) in [4.78, 5) is 15.9. The van der Waals surface area contributed by atoms with Gasteiger partial charge >= 0.3 is 0 Å². The van der Waals surface area contributed by atoms with E-state index in [0.717, 1.165) is 47.3 Å². The van der Waals surface area contributed by atoms with E-state index in [2.05, 4.69) is 55.3 Å². The summed E-state index contributed by atoms with van der Waals surface area (Å²) in [6.45, 7) is 4.50. The molecule has 0 aliphatic heterocycles. The second kappa shape index (κ2) is 8.64. The van der Waals surface area contributed by atoms with Crippen molar-refractivity contribution in [2.75, 3.05) is 11.5 Å². The van der Waals surface area contributed by atoms with Crippen molar-refractivity contribution in [2.45, 2.75) is 44.3 Å². The molecular weight excluding hydrogens is 386 g/mol. The number of aromatic amines is 2. The number of hydrogen-bond acceptors (Lipinski definition) is 7. The van der Waals surface area contributed by atoms with Crippen molar-refractivity contribution in [1.29, 1.82) is 0 Å². The molecule has 152 valence electrons. The first kappa shape index (κ1) is 19.4. The van der Waals surface area contributed by atoms with Gasteiger partial charge in [-0.15, -0.1) is 5.10 Å². The van der Waals surface area contributed by atoms with Crippen LogP contribution in [0.5, 0.6) is 0 Å². The molecule has 0 saturated carbocycles. The molecule has 4 heterocycles. The van der Waals surface area contributed by atoms with E-state index in [1.807, 2.05) is 23.1 Å². The molecule has 0 bridgehead atoms. The molecule has 0 saturated heterocycles. The number of hydrogen-bond donors (Lipinski definition) is 3. The van der Waals surface area contributed by atoms with Gasteiger partial charge in [-0.2, -0.15) is 10.1 Å². The van der Waals surface area contributed by atoms with Crippen LogP contribution in [-0.4, -0.2) is 45.7 Å². The molecule has 4 N–H and O–H groups in total. The molecule has 1 unspecified atom stereocenters. The fraction of sp³-hybridized carbons (Fsp3) is 0.421. The maximum atomic E-state index is 5.55. The van der Waals surface area contributed by atoms with E-state index in [1.54, 1.807) is 18.1 Å². The van der Waals surface area contributed by atoms with Gasteiger partial charge in [-0.05, 0) is 38.2 Å². The zero-order chi connectivity index (χ0) is 20.2. The summed E-state index contributed by atoms with van der Waals surface area (Å²) in [6.07, 6.45) is 10.8. The lowest BCUT2D eigenvalue weighted by atomic mass is 10.00. The summed E-state index contributed by atoms with van der Waals surface area (Å²) in [5, 5.41) is 13.0. The first-order valence-corrected chi connectivity index (χ1v) is 10.7. The minimum atomic E-state index is 0.329. The van der Waals surface area contributed by atoms with E-state index in [1.165, 1.54) is 0 Å². The van der Waals surface area contributed by atoms with E-state index >= 15 is 0 Å². The maximum absolute atomic E-state index is 5.55. The molecule has 0 amide bonds. The van der Waals surface area contributed by atoms with Gasteiger partial charge in [0, 0.05) is 35.1 Å². The summed E-state index contributed by atoms with van der Waals surface area (Å²) in [5.74, 6) is 1.98. The van der Waals surface area contributed by atoms with Crippen LogP contribution in [0.4, 0.5) is 5.95 Å². The maximum Gasteiger partial charge on any atom is 0.216 e. The van der Waals surface area contributed by atoms with Crippen LogP contribution in [0.25, 0.3) is 22.3 Å². The first-order valence-electron chi connectivity index (χ1n) is 9.73. The van der Waals surface area contributed by atoms with Crippen LogP contribution in [-0.2, 0) is 0 Å². The average Bonchev–Trinajstić information content (AvgIpc) is 3.46. The number of nitrogens with one attached hydrogen (secondary N) is 2. The van der Waals surface area contributed by atoms with Gasteiger partial charge in [-0.25, -0.2) is 15.1 Å². The van der Waals surface area contributed by atoms with Crippen molar-refractivity contribution in [2.24, 2.45) is 5.92 Å². The lowest BCUT2D eigenvalue weighted by Gasteiger charge is -2.15. The Morgan fingerprint density at radius 2 is 2.10 bits per heavy atom. The van der Waals surface area contributed by atoms with Gasteiger partial charge in [0.1, 0.15) is 12.0 Å². The Labute approximate surface area is 172 Å². The van der Waals surface area contributed by atoms with Crippen molar-refractivity contribution in [1.82, 2.24) is 39.9 Å². The predicted octanol–water partition coefficient (Wildman–Crippen LogP) is 3.68. The fourth-order valence-electron chi connectivity index (χ4n) is 3.28. The van der Waals surface area contributed by atoms with Crippen LogP contribution in [0.3, 0.4) is 0 Å². The Morgan fingerprint density at radius 1 is 1.21 bits per heavy atom. The predicted molar refractivity (Wildman–Crippen MR) is 114 cm³/mol. The smallest absolute Gasteiger partial charge is 0.216 e. The molecule has 4 aromatic heterocycles. The molecule has 2 atom stereocenters. The zero-order valence-corrected chi connectivity index (χ0v) is 17.4. The van der Waals surface area contributed by atoms with E-state index < -0.39 is 0 Å². The highest BCUT2D eigenvalue weighted by molar-refractivity contribution is 7.99. The van der Waals surface area contributed by atoms with Crippen LogP contribution >= 0.6 is 11.8 Å². The Hall–Kier alpha value is -2.88. The molecule has 29 heavy (non-hydrogen) atoms. The number of thioether (sulfide) groups is 1. The molecule has 0 radical (unpaired) electrons. The van der Waals surface area contributed by atoms with Crippen molar-refractivity contribution >= 4 is 28.7 Å². The summed E-state index contributed by atoms with van der Waals surface area (Å²) in [7, 11) is 0. The van der Waals surface area contributed by atoms with Gasteiger partial charge in [-0.3, -0.25) is 4.68 Å². The number of rotatable bonds is 9. The molecule has 9 nitrogen and oxygen atoms in total. The number of nitrogens with zero attached hydrogens (tertiary/aromatic N) is 6. The SMILES string of the molecule is CC(CCSc1n[nH]c(N)n1)CC[C@H](C)n1cc(-c2ncnc3[nH]ccc23)cn1. The lowest BCUT2D eigenvalue weighted by Crippen LogP contribution is -2.08. The van der Waals surface area contributed by atoms with E-state index in [4.69, 9.17) is 5.73 Å². The Morgan fingerprint density at radius 3 is 2.93 bits per heavy atom. The van der Waals surface area contributed by atoms with Crippen LogP contribution in [0, 0.1) is 5.92 Å². The number of anilines is 1. The third-order valence-corrected chi connectivity index (χ3v) is 5.96. The molecule has 0 fully saturated rings. The Bertz CT molecular complexity index is 1070. The second-order valence-electron chi connectivity index (χ2n) is 7.34. The minimum Gasteiger partial charge on any atom is -0.368 e. The van der Waals surface area contributed by atoms with Crippen LogP contribution < -0.4 is 5.73 Å². The molecule has 0 aromatic carbocycles. The van der Waals surface area contributed by atoms with Gasteiger partial charge in [0.25, 0.3) is 0 Å². The van der Waals surface area contributed by atoms with Gasteiger partial charge < -0.3 is 10.7 Å². The van der Waals surface area contributed by atoms with E-state index in [-0.39, 0.29) is 0 Å². The normalized spacial score (nSPS) is 13.7. The highest BCUT2D eigenvalue weighted by Crippen LogP contribution is 2.27. The Kier molecular flexibility index (Phi) is 5.79. The van der Waals surface area contributed by atoms with Crippen molar-refractivity contribution in [3.63, 3.8) is 0 Å². The average molecular weight is 412 g/mol. The summed E-state index contributed by atoms with van der Waals surface area (Å²) >= 11 is 1.64. The van der Waals surface area contributed by atoms with Crippen molar-refractivity contribution < 1.29 is 0 Å². The first-order chi connectivity index (χ1) is 14.1. The third kappa shape index (κ3) is 4.58. The largest absolute Gasteiger partial charge is 0.368 e. The lowest BCUT2D eigenvalue weighted by molar-refractivity contribution is 0.394. The monoisotopic (exact) mass is 411 g/mol. The number of H-pyrrole nitrogens is 2. The van der Waals surface area contributed by atoms with Crippen LogP contribution in [0.2, 0.25) is 0 Å². The standard InChI is InChI=1S/C19H25N9S/c1-12(6-8-29-19-25-18(20)26-27-19)3-4-13(2)28-10-14(9-24-28)16-15-5-7-21-17(15)23-11-22-16/h5,7,9-13H,3-4,6,8H2,1-2H3,(H,21,22,23)(H3,20,25,26,27)/t12?,13-/m0/s1. The fourth-order valence-corrected chi connectivity index (χ4v) is 4.26. The minimum absolute atomic E-state index is 0.329. The number of nitrogens with two attached hydrogens (primary N) is 1. The zero-order valence-electron chi connectivity index (χ0n) is 16.5. The summed E-state index contributed by atoms with van der Waals surface area (Å²) in [5.41, 5.74) is 8.31. The van der Waals surface area contributed by atoms with Gasteiger partial charge in [0.2, 0.25) is 11.1 Å². The molecule has 4 rings (SSSR count). The van der Waals surface area contributed by atoms with E-state index in [0.29, 0.717) is 23.1 Å². The third-order valence-electron chi connectivity index (χ3n) is 5.08. The summed E-state index contributed by atoms with van der Waals surface area (Å²) in [6, 6.07) is 2.33. The molecule has 10 heteroatoms. The molecule has 0 aliphatic rings. The van der Waals surface area contributed by atoms with Crippen LogP contribution in [0.1, 0.15) is 39.2 Å². The molecular formula is C19H25N9S. The second-order valence-corrected chi connectivity index (χ2v) is 8.41. The van der Waals surface area contributed by atoms with E-state index in [9.17, 15) is 0 Å². The number of aromatic nitrogens is 8. The topological polar surface area (TPSA) is 127 Å². The number of fused-ring (bicyclic) bond motifs is 1. The molecule has 0 aliphatic carbocycles. The van der Waals surface area contributed by atoms with Gasteiger partial charge in [-0.1, -0.05) is 18.7 Å². The van der Waals surface area contributed by atoms with Gasteiger partial charge in [0.05, 0.1) is 11.9 Å². The number of nitrogen functional groups attached to an aromatic ring is 1. The van der Waals surface area contributed by atoms with Crippen LogP contribution in [0.15, 0.2) is 36.1 Å². The molecule has 0 spiro atoms. The van der Waals surface area contributed by atoms with Gasteiger partial charge in [0.15, 0.2) is 0 Å². The van der Waals surface area contributed by atoms with Crippen molar-refractivity contribution in [3.05, 3.63) is 31.0 Å². The highest BCUT2D eigenvalue weighted by atomic mass is 32.2. The van der Waals surface area contributed by atoms with Crippen molar-refractivity contribution in [3.8, 4) is 11.3 Å². The summed E-state index contributed by atoms with van der Waals surface area (Å²) < 4.78 is 2.04. The quantitative estimate of drug-likeness (QED) is 0.358. The highest BCUT2D eigenvalue weighted by Gasteiger charge is 2.13. The molecule has 4 aromatic rings. The Balaban J connectivity index is 1.29.